The van der Waals surface area contributed by atoms with Crippen LogP contribution in [0.3, 0.4) is 0 Å². The molecule has 2 aliphatic rings. The fourth-order valence-corrected chi connectivity index (χ4v) is 2.40. The zero-order valence-corrected chi connectivity index (χ0v) is 8.86. The SMILES string of the molecule is CC1(C)CCOC2(CCCC2)CN1. The lowest BCUT2D eigenvalue weighted by atomic mass is 9.99. The van der Waals surface area contributed by atoms with E-state index in [0.29, 0.717) is 0 Å². The minimum atomic E-state index is 0.202. The van der Waals surface area contributed by atoms with Gasteiger partial charge in [-0.1, -0.05) is 12.8 Å². The Morgan fingerprint density at radius 1 is 1.08 bits per heavy atom. The predicted molar refractivity (Wildman–Crippen MR) is 53.8 cm³/mol. The van der Waals surface area contributed by atoms with Gasteiger partial charge >= 0.3 is 0 Å². The van der Waals surface area contributed by atoms with Gasteiger partial charge in [-0.15, -0.1) is 0 Å². The van der Waals surface area contributed by atoms with Crippen molar-refractivity contribution in [3.8, 4) is 0 Å². The molecule has 1 spiro atoms. The fraction of sp³-hybridized carbons (Fsp3) is 1.00. The average Bonchev–Trinajstić information content (AvgIpc) is 2.44. The molecule has 0 unspecified atom stereocenters. The Bertz CT molecular complexity index is 183. The molecule has 0 atom stereocenters. The first kappa shape index (κ1) is 9.47. The molecule has 1 heterocycles. The van der Waals surface area contributed by atoms with Gasteiger partial charge in [0, 0.05) is 18.7 Å². The highest BCUT2D eigenvalue weighted by Crippen LogP contribution is 2.35. The average molecular weight is 183 g/mol. The van der Waals surface area contributed by atoms with E-state index in [-0.39, 0.29) is 11.1 Å². The Morgan fingerprint density at radius 3 is 2.46 bits per heavy atom. The predicted octanol–water partition coefficient (Wildman–Crippen LogP) is 2.09. The normalized spacial score (nSPS) is 31.8. The summed E-state index contributed by atoms with van der Waals surface area (Å²) in [7, 11) is 0. The van der Waals surface area contributed by atoms with E-state index in [1.54, 1.807) is 0 Å². The Balaban J connectivity index is 2.01. The van der Waals surface area contributed by atoms with Crippen LogP contribution in [0.2, 0.25) is 0 Å². The highest BCUT2D eigenvalue weighted by atomic mass is 16.5. The fourth-order valence-electron chi connectivity index (χ4n) is 2.40. The number of hydrogen-bond acceptors (Lipinski definition) is 2. The van der Waals surface area contributed by atoms with E-state index in [0.717, 1.165) is 19.6 Å². The maximum Gasteiger partial charge on any atom is 0.0806 e. The van der Waals surface area contributed by atoms with Crippen LogP contribution >= 0.6 is 0 Å². The summed E-state index contributed by atoms with van der Waals surface area (Å²) in [4.78, 5) is 0. The third kappa shape index (κ3) is 2.05. The van der Waals surface area contributed by atoms with Gasteiger partial charge in [-0.05, 0) is 33.1 Å². The van der Waals surface area contributed by atoms with E-state index in [1.165, 1.54) is 25.7 Å². The van der Waals surface area contributed by atoms with Gasteiger partial charge in [0.25, 0.3) is 0 Å². The van der Waals surface area contributed by atoms with Crippen LogP contribution in [0.15, 0.2) is 0 Å². The van der Waals surface area contributed by atoms with Crippen LogP contribution in [0.25, 0.3) is 0 Å². The summed E-state index contributed by atoms with van der Waals surface area (Å²) in [5.41, 5.74) is 0.472. The van der Waals surface area contributed by atoms with Crippen LogP contribution in [0, 0.1) is 0 Å². The molecule has 0 aromatic heterocycles. The smallest absolute Gasteiger partial charge is 0.0806 e. The maximum absolute atomic E-state index is 6.02. The largest absolute Gasteiger partial charge is 0.374 e. The summed E-state index contributed by atoms with van der Waals surface area (Å²) < 4.78 is 6.02. The molecule has 2 nitrogen and oxygen atoms in total. The Hall–Kier alpha value is -0.0800. The van der Waals surface area contributed by atoms with Crippen LogP contribution in [0.5, 0.6) is 0 Å². The van der Waals surface area contributed by atoms with Gasteiger partial charge in [-0.2, -0.15) is 0 Å². The van der Waals surface area contributed by atoms with Crippen molar-refractivity contribution in [1.82, 2.24) is 5.32 Å². The zero-order valence-electron chi connectivity index (χ0n) is 8.86. The lowest BCUT2D eigenvalue weighted by Crippen LogP contribution is -2.45. The highest BCUT2D eigenvalue weighted by Gasteiger charge is 2.38. The molecule has 1 N–H and O–H groups in total. The zero-order chi connectivity index (χ0) is 9.36. The first-order valence-electron chi connectivity index (χ1n) is 5.51. The quantitative estimate of drug-likeness (QED) is 0.621. The number of nitrogens with one attached hydrogen (secondary N) is 1. The van der Waals surface area contributed by atoms with Crippen molar-refractivity contribution in [2.75, 3.05) is 13.2 Å². The van der Waals surface area contributed by atoms with E-state index in [9.17, 15) is 0 Å². The van der Waals surface area contributed by atoms with E-state index in [4.69, 9.17) is 4.74 Å². The third-order valence-corrected chi connectivity index (χ3v) is 3.54. The van der Waals surface area contributed by atoms with Crippen molar-refractivity contribution in [3.05, 3.63) is 0 Å². The molecule has 1 aliphatic heterocycles. The maximum atomic E-state index is 6.02. The van der Waals surface area contributed by atoms with E-state index in [2.05, 4.69) is 19.2 Å². The molecular formula is C11H21NO. The molecule has 2 fully saturated rings. The highest BCUT2D eigenvalue weighted by molar-refractivity contribution is 4.94. The van der Waals surface area contributed by atoms with Crippen LogP contribution < -0.4 is 5.32 Å². The monoisotopic (exact) mass is 183 g/mol. The lowest BCUT2D eigenvalue weighted by molar-refractivity contribution is -0.0278. The van der Waals surface area contributed by atoms with Crippen LogP contribution in [0.1, 0.15) is 46.0 Å². The van der Waals surface area contributed by atoms with Crippen LogP contribution in [0.4, 0.5) is 0 Å². The van der Waals surface area contributed by atoms with Gasteiger partial charge in [0.1, 0.15) is 0 Å². The molecule has 76 valence electrons. The van der Waals surface area contributed by atoms with Crippen LogP contribution in [-0.4, -0.2) is 24.3 Å². The molecule has 2 rings (SSSR count). The summed E-state index contributed by atoms with van der Waals surface area (Å²) in [5, 5.41) is 3.63. The molecule has 13 heavy (non-hydrogen) atoms. The summed E-state index contributed by atoms with van der Waals surface area (Å²) in [5.74, 6) is 0. The van der Waals surface area contributed by atoms with Crippen molar-refractivity contribution < 1.29 is 4.74 Å². The lowest BCUT2D eigenvalue weighted by Gasteiger charge is -2.29. The first-order valence-corrected chi connectivity index (χ1v) is 5.51. The Labute approximate surface area is 81.0 Å². The van der Waals surface area contributed by atoms with Crippen molar-refractivity contribution in [1.29, 1.82) is 0 Å². The van der Waals surface area contributed by atoms with E-state index < -0.39 is 0 Å². The number of hydrogen-bond donors (Lipinski definition) is 1. The van der Waals surface area contributed by atoms with Crippen LogP contribution in [-0.2, 0) is 4.74 Å². The van der Waals surface area contributed by atoms with Gasteiger partial charge in [0.15, 0.2) is 0 Å². The van der Waals surface area contributed by atoms with Crippen molar-refractivity contribution in [2.45, 2.75) is 57.1 Å². The van der Waals surface area contributed by atoms with Crippen molar-refractivity contribution in [2.24, 2.45) is 0 Å². The first-order chi connectivity index (χ1) is 6.12. The molecule has 2 heteroatoms. The van der Waals surface area contributed by atoms with E-state index in [1.807, 2.05) is 0 Å². The molecule has 0 radical (unpaired) electrons. The molecular weight excluding hydrogens is 162 g/mol. The van der Waals surface area contributed by atoms with Gasteiger partial charge in [-0.3, -0.25) is 0 Å². The molecule has 0 amide bonds. The molecule has 1 aliphatic carbocycles. The topological polar surface area (TPSA) is 21.3 Å². The standard InChI is InChI=1S/C11H21NO/c1-10(2)7-8-13-11(9-12-10)5-3-4-6-11/h12H,3-9H2,1-2H3. The summed E-state index contributed by atoms with van der Waals surface area (Å²) >= 11 is 0. The second-order valence-electron chi connectivity index (χ2n) is 5.23. The summed E-state index contributed by atoms with van der Waals surface area (Å²) in [6.45, 7) is 6.52. The van der Waals surface area contributed by atoms with Gasteiger partial charge < -0.3 is 10.1 Å². The van der Waals surface area contributed by atoms with Crippen molar-refractivity contribution in [3.63, 3.8) is 0 Å². The van der Waals surface area contributed by atoms with Gasteiger partial charge in [-0.25, -0.2) is 0 Å². The Morgan fingerprint density at radius 2 is 1.77 bits per heavy atom. The van der Waals surface area contributed by atoms with Gasteiger partial charge in [0.2, 0.25) is 0 Å². The molecule has 0 bridgehead atoms. The summed E-state index contributed by atoms with van der Waals surface area (Å²) in [6, 6.07) is 0. The number of rotatable bonds is 0. The third-order valence-electron chi connectivity index (χ3n) is 3.54. The van der Waals surface area contributed by atoms with E-state index >= 15 is 0 Å². The second-order valence-corrected chi connectivity index (χ2v) is 5.23. The number of ether oxygens (including phenoxy) is 1. The summed E-state index contributed by atoms with van der Waals surface area (Å²) in [6.07, 6.45) is 6.35. The minimum absolute atomic E-state index is 0.202. The molecule has 0 aromatic carbocycles. The van der Waals surface area contributed by atoms with Gasteiger partial charge in [0.05, 0.1) is 5.60 Å². The molecule has 1 saturated heterocycles. The Kier molecular flexibility index (Phi) is 2.37. The van der Waals surface area contributed by atoms with Crippen molar-refractivity contribution >= 4 is 0 Å². The minimum Gasteiger partial charge on any atom is -0.374 e. The second kappa shape index (κ2) is 3.25. The molecule has 1 saturated carbocycles. The molecule has 0 aromatic rings.